The Labute approximate surface area is 110 Å². The molecule has 0 saturated carbocycles. The van der Waals surface area contributed by atoms with Gasteiger partial charge in [-0.15, -0.1) is 0 Å². The maximum Gasteiger partial charge on any atom is 0.261 e. The molecule has 1 fully saturated rings. The number of hydrogen-bond acceptors (Lipinski definition) is 4. The molecule has 1 saturated heterocycles. The molecule has 0 aliphatic carbocycles. The van der Waals surface area contributed by atoms with Gasteiger partial charge in [0, 0.05) is 25.3 Å². The molecule has 1 aromatic heterocycles. The molecule has 108 valence electrons. The highest BCUT2D eigenvalue weighted by Gasteiger charge is 2.26. The number of alkyl halides is 2. The van der Waals surface area contributed by atoms with E-state index in [0.717, 1.165) is 18.7 Å². The van der Waals surface area contributed by atoms with Gasteiger partial charge in [-0.25, -0.2) is 13.8 Å². The highest BCUT2D eigenvalue weighted by molar-refractivity contribution is 5.07. The summed E-state index contributed by atoms with van der Waals surface area (Å²) in [6.45, 7) is 1.57. The molecule has 1 aliphatic heterocycles. The molecule has 0 radical (unpaired) electrons. The number of imidazole rings is 1. The van der Waals surface area contributed by atoms with Gasteiger partial charge in [0.25, 0.3) is 6.43 Å². The van der Waals surface area contributed by atoms with Crippen molar-refractivity contribution in [3.05, 3.63) is 18.2 Å². The predicted octanol–water partition coefficient (Wildman–Crippen LogP) is 1.20. The average Bonchev–Trinajstić information content (AvgIpc) is 3.04. The summed E-state index contributed by atoms with van der Waals surface area (Å²) in [5, 5.41) is 0. The lowest BCUT2D eigenvalue weighted by Crippen LogP contribution is -2.25. The molecule has 1 aliphatic rings. The summed E-state index contributed by atoms with van der Waals surface area (Å²) in [5.41, 5.74) is 7.10. The fourth-order valence-corrected chi connectivity index (χ4v) is 2.21. The van der Waals surface area contributed by atoms with E-state index in [4.69, 9.17) is 15.2 Å². The van der Waals surface area contributed by atoms with E-state index in [1.54, 1.807) is 12.5 Å². The van der Waals surface area contributed by atoms with Crippen LogP contribution in [0.25, 0.3) is 0 Å². The van der Waals surface area contributed by atoms with Crippen LogP contribution in [-0.2, 0) is 16.0 Å². The minimum atomic E-state index is -2.43. The van der Waals surface area contributed by atoms with Gasteiger partial charge in [0.2, 0.25) is 0 Å². The third-order valence-corrected chi connectivity index (χ3v) is 3.28. The summed E-state index contributed by atoms with van der Waals surface area (Å²) in [6.07, 6.45) is 1.88. The molecule has 0 amide bonds. The van der Waals surface area contributed by atoms with Gasteiger partial charge >= 0.3 is 0 Å². The quantitative estimate of drug-likeness (QED) is 0.760. The average molecular weight is 275 g/mol. The predicted molar refractivity (Wildman–Crippen MR) is 64.9 cm³/mol. The molecule has 2 N–H and O–H groups in total. The maximum absolute atomic E-state index is 11.9. The molecule has 7 heteroatoms. The van der Waals surface area contributed by atoms with Crippen LogP contribution < -0.4 is 5.73 Å². The Morgan fingerprint density at radius 2 is 2.42 bits per heavy atom. The molecule has 2 rings (SSSR count). The SMILES string of the molecule is NC(c1cncn1CCOCC(F)F)C1CCOC1. The van der Waals surface area contributed by atoms with Crippen LogP contribution in [0.4, 0.5) is 8.78 Å². The lowest BCUT2D eigenvalue weighted by atomic mass is 9.97. The first-order valence-corrected chi connectivity index (χ1v) is 6.37. The molecule has 19 heavy (non-hydrogen) atoms. The summed E-state index contributed by atoms with van der Waals surface area (Å²) in [7, 11) is 0. The Morgan fingerprint density at radius 1 is 1.58 bits per heavy atom. The lowest BCUT2D eigenvalue weighted by molar-refractivity contribution is 0.0145. The zero-order valence-corrected chi connectivity index (χ0v) is 10.7. The minimum absolute atomic E-state index is 0.139. The Bertz CT molecular complexity index is 381. The van der Waals surface area contributed by atoms with Gasteiger partial charge in [-0.05, 0) is 6.42 Å². The molecular formula is C12H19F2N3O2. The van der Waals surface area contributed by atoms with Crippen molar-refractivity contribution in [3.63, 3.8) is 0 Å². The van der Waals surface area contributed by atoms with Crippen molar-refractivity contribution < 1.29 is 18.3 Å². The van der Waals surface area contributed by atoms with Gasteiger partial charge in [0.15, 0.2) is 0 Å². The number of hydrogen-bond donors (Lipinski definition) is 1. The highest BCUT2D eigenvalue weighted by atomic mass is 19.3. The third kappa shape index (κ3) is 3.95. The fourth-order valence-electron chi connectivity index (χ4n) is 2.21. The Kier molecular flexibility index (Phi) is 5.24. The third-order valence-electron chi connectivity index (χ3n) is 3.28. The molecule has 0 spiro atoms. The molecule has 0 aromatic carbocycles. The molecule has 5 nitrogen and oxygen atoms in total. The summed E-state index contributed by atoms with van der Waals surface area (Å²) in [4.78, 5) is 4.07. The second-order valence-corrected chi connectivity index (χ2v) is 4.63. The van der Waals surface area contributed by atoms with Gasteiger partial charge in [-0.3, -0.25) is 0 Å². The Balaban J connectivity index is 1.86. The number of nitrogens with zero attached hydrogens (tertiary/aromatic N) is 2. The van der Waals surface area contributed by atoms with Crippen molar-refractivity contribution in [2.24, 2.45) is 11.7 Å². The standard InChI is InChI=1S/C12H19F2N3O2/c13-11(14)7-19-4-2-17-8-16-5-10(17)12(15)9-1-3-18-6-9/h5,8-9,11-12H,1-4,6-7,15H2. The summed E-state index contributed by atoms with van der Waals surface area (Å²) < 4.78 is 35.9. The molecule has 1 aromatic rings. The maximum atomic E-state index is 11.9. The van der Waals surface area contributed by atoms with Gasteiger partial charge < -0.3 is 19.8 Å². The normalized spacial score (nSPS) is 21.2. The van der Waals surface area contributed by atoms with Gasteiger partial charge in [-0.2, -0.15) is 0 Å². The van der Waals surface area contributed by atoms with E-state index in [1.165, 1.54) is 0 Å². The number of rotatable bonds is 7. The van der Waals surface area contributed by atoms with E-state index in [0.29, 0.717) is 13.2 Å². The minimum Gasteiger partial charge on any atom is -0.381 e. The van der Waals surface area contributed by atoms with Crippen LogP contribution >= 0.6 is 0 Å². The zero-order valence-electron chi connectivity index (χ0n) is 10.7. The van der Waals surface area contributed by atoms with Crippen LogP contribution in [0.2, 0.25) is 0 Å². The molecule has 2 heterocycles. The van der Waals surface area contributed by atoms with Gasteiger partial charge in [-0.1, -0.05) is 0 Å². The molecule has 0 bridgehead atoms. The second kappa shape index (κ2) is 6.93. The van der Waals surface area contributed by atoms with E-state index >= 15 is 0 Å². The first kappa shape index (κ1) is 14.4. The Morgan fingerprint density at radius 3 is 3.11 bits per heavy atom. The van der Waals surface area contributed by atoms with Crippen molar-refractivity contribution in [1.29, 1.82) is 0 Å². The van der Waals surface area contributed by atoms with E-state index in [9.17, 15) is 8.78 Å². The van der Waals surface area contributed by atoms with Crippen LogP contribution in [0.3, 0.4) is 0 Å². The number of ether oxygens (including phenoxy) is 2. The van der Waals surface area contributed by atoms with E-state index < -0.39 is 13.0 Å². The highest BCUT2D eigenvalue weighted by Crippen LogP contribution is 2.26. The van der Waals surface area contributed by atoms with E-state index in [2.05, 4.69) is 4.98 Å². The largest absolute Gasteiger partial charge is 0.381 e. The van der Waals surface area contributed by atoms with Gasteiger partial charge in [0.1, 0.15) is 6.61 Å². The van der Waals surface area contributed by atoms with Crippen molar-refractivity contribution >= 4 is 0 Å². The first-order chi connectivity index (χ1) is 9.18. The monoisotopic (exact) mass is 275 g/mol. The first-order valence-electron chi connectivity index (χ1n) is 6.37. The molecule has 2 unspecified atom stereocenters. The van der Waals surface area contributed by atoms with Crippen LogP contribution in [0.15, 0.2) is 12.5 Å². The topological polar surface area (TPSA) is 62.3 Å². The number of nitrogens with two attached hydrogens (primary N) is 1. The summed E-state index contributed by atoms with van der Waals surface area (Å²) in [6, 6.07) is -0.139. The van der Waals surface area contributed by atoms with Gasteiger partial charge in [0.05, 0.1) is 31.3 Å². The number of halogens is 2. The zero-order chi connectivity index (χ0) is 13.7. The molecular weight excluding hydrogens is 256 g/mol. The van der Waals surface area contributed by atoms with Crippen LogP contribution in [0.5, 0.6) is 0 Å². The summed E-state index contributed by atoms with van der Waals surface area (Å²) >= 11 is 0. The second-order valence-electron chi connectivity index (χ2n) is 4.63. The van der Waals surface area contributed by atoms with E-state index in [-0.39, 0.29) is 18.6 Å². The van der Waals surface area contributed by atoms with Crippen LogP contribution in [-0.4, -0.2) is 42.4 Å². The van der Waals surface area contributed by atoms with Crippen LogP contribution in [0.1, 0.15) is 18.2 Å². The van der Waals surface area contributed by atoms with Crippen molar-refractivity contribution in [2.75, 3.05) is 26.4 Å². The lowest BCUT2D eigenvalue weighted by Gasteiger charge is -2.19. The van der Waals surface area contributed by atoms with Crippen LogP contribution in [0, 0.1) is 5.92 Å². The molecule has 2 atom stereocenters. The van der Waals surface area contributed by atoms with Crippen molar-refractivity contribution in [2.45, 2.75) is 25.4 Å². The smallest absolute Gasteiger partial charge is 0.261 e. The van der Waals surface area contributed by atoms with Crippen molar-refractivity contribution in [3.8, 4) is 0 Å². The van der Waals surface area contributed by atoms with E-state index in [1.807, 2.05) is 4.57 Å². The Hall–Kier alpha value is -1.05. The van der Waals surface area contributed by atoms with Crippen molar-refractivity contribution in [1.82, 2.24) is 9.55 Å². The fraction of sp³-hybridized carbons (Fsp3) is 0.750. The summed E-state index contributed by atoms with van der Waals surface area (Å²) in [5.74, 6) is 0.289. The number of aromatic nitrogens is 2.